The third-order valence-electron chi connectivity index (χ3n) is 4.45. The van der Waals surface area contributed by atoms with Gasteiger partial charge < -0.3 is 10.2 Å². The van der Waals surface area contributed by atoms with Crippen molar-refractivity contribution in [2.75, 3.05) is 18.0 Å². The highest BCUT2D eigenvalue weighted by Crippen LogP contribution is 2.30. The van der Waals surface area contributed by atoms with E-state index in [9.17, 15) is 14.0 Å². The molecular weight excluding hydrogens is 343 g/mol. The van der Waals surface area contributed by atoms with Crippen LogP contribution in [0.4, 0.5) is 10.1 Å². The number of nitrogens with zero attached hydrogens (tertiary/aromatic N) is 1. The molecule has 144 valence electrons. The Morgan fingerprint density at radius 3 is 2.48 bits per heavy atom. The molecule has 4 nitrogen and oxygen atoms in total. The Morgan fingerprint density at radius 2 is 1.85 bits per heavy atom. The molecule has 27 heavy (non-hydrogen) atoms. The first kappa shape index (κ1) is 20.6. The molecule has 2 aromatic rings. The van der Waals surface area contributed by atoms with Crippen molar-refractivity contribution in [3.05, 3.63) is 65.0 Å². The van der Waals surface area contributed by atoms with Gasteiger partial charge in [0.05, 0.1) is 12.1 Å². The molecule has 2 amide bonds. The fraction of sp³-hybridized carbons (Fsp3) is 0.364. The maximum absolute atomic E-state index is 13.2. The first-order chi connectivity index (χ1) is 12.8. The minimum Gasteiger partial charge on any atom is -0.354 e. The Morgan fingerprint density at radius 1 is 1.15 bits per heavy atom. The van der Waals surface area contributed by atoms with Crippen LogP contribution in [-0.2, 0) is 16.0 Å². The number of anilines is 1. The van der Waals surface area contributed by atoms with Gasteiger partial charge in [-0.1, -0.05) is 44.2 Å². The number of hydrogen-bond acceptors (Lipinski definition) is 2. The van der Waals surface area contributed by atoms with Gasteiger partial charge in [-0.05, 0) is 41.7 Å². The lowest BCUT2D eigenvalue weighted by Crippen LogP contribution is -2.39. The van der Waals surface area contributed by atoms with Crippen LogP contribution in [0.25, 0.3) is 0 Å². The number of nitrogens with one attached hydrogen (secondary N) is 1. The lowest BCUT2D eigenvalue weighted by Gasteiger charge is -2.27. The molecule has 0 aromatic heterocycles. The summed E-state index contributed by atoms with van der Waals surface area (Å²) < 4.78 is 13.2. The van der Waals surface area contributed by atoms with Gasteiger partial charge >= 0.3 is 0 Å². The molecule has 0 unspecified atom stereocenters. The van der Waals surface area contributed by atoms with E-state index in [1.165, 1.54) is 19.1 Å². The van der Waals surface area contributed by atoms with Crippen LogP contribution in [0.3, 0.4) is 0 Å². The van der Waals surface area contributed by atoms with Gasteiger partial charge in [-0.3, -0.25) is 9.59 Å². The van der Waals surface area contributed by atoms with E-state index in [1.807, 2.05) is 25.1 Å². The van der Waals surface area contributed by atoms with Crippen LogP contribution in [0.5, 0.6) is 0 Å². The van der Waals surface area contributed by atoms with Crippen LogP contribution in [0, 0.1) is 12.7 Å². The average Bonchev–Trinajstić information content (AvgIpc) is 2.58. The molecule has 0 bridgehead atoms. The quantitative estimate of drug-likeness (QED) is 0.802. The molecule has 0 spiro atoms. The molecule has 5 heteroatoms. The molecule has 0 saturated carbocycles. The summed E-state index contributed by atoms with van der Waals surface area (Å²) in [5.41, 5.74) is 3.68. The summed E-state index contributed by atoms with van der Waals surface area (Å²) in [4.78, 5) is 26.1. The monoisotopic (exact) mass is 370 g/mol. The van der Waals surface area contributed by atoms with Crippen molar-refractivity contribution in [2.24, 2.45) is 0 Å². The van der Waals surface area contributed by atoms with Crippen molar-refractivity contribution in [3.63, 3.8) is 0 Å². The van der Waals surface area contributed by atoms with E-state index in [-0.39, 0.29) is 30.0 Å². The van der Waals surface area contributed by atoms with Gasteiger partial charge in [0.25, 0.3) is 0 Å². The molecule has 0 radical (unpaired) electrons. The summed E-state index contributed by atoms with van der Waals surface area (Å²) in [5.74, 6) is -0.336. The summed E-state index contributed by atoms with van der Waals surface area (Å²) >= 11 is 0. The minimum atomic E-state index is -0.358. The van der Waals surface area contributed by atoms with Gasteiger partial charge in [0.15, 0.2) is 0 Å². The fourth-order valence-electron chi connectivity index (χ4n) is 3.14. The Labute approximate surface area is 160 Å². The van der Waals surface area contributed by atoms with E-state index in [1.54, 1.807) is 17.0 Å². The second-order valence-corrected chi connectivity index (χ2v) is 6.99. The highest BCUT2D eigenvalue weighted by Gasteiger charge is 2.19. The molecule has 0 saturated heterocycles. The van der Waals surface area contributed by atoms with Crippen molar-refractivity contribution in [1.82, 2.24) is 5.32 Å². The Balaban J connectivity index is 2.04. The van der Waals surface area contributed by atoms with Gasteiger partial charge in [-0.2, -0.15) is 0 Å². The molecule has 1 N–H and O–H groups in total. The van der Waals surface area contributed by atoms with Crippen LogP contribution < -0.4 is 10.2 Å². The number of aryl methyl sites for hydroxylation is 1. The third-order valence-corrected chi connectivity index (χ3v) is 4.45. The molecule has 0 aliphatic rings. The second kappa shape index (κ2) is 9.31. The predicted octanol–water partition coefficient (Wildman–Crippen LogP) is 3.97. The molecule has 0 aliphatic heterocycles. The molecule has 2 aromatic carbocycles. The van der Waals surface area contributed by atoms with Crippen LogP contribution >= 0.6 is 0 Å². The van der Waals surface area contributed by atoms with E-state index < -0.39 is 0 Å². The van der Waals surface area contributed by atoms with Crippen molar-refractivity contribution in [3.8, 4) is 0 Å². The van der Waals surface area contributed by atoms with E-state index in [4.69, 9.17) is 0 Å². The number of amides is 2. The number of carbonyl (C=O) groups is 2. The van der Waals surface area contributed by atoms with Crippen LogP contribution in [0.15, 0.2) is 42.5 Å². The van der Waals surface area contributed by atoms with Gasteiger partial charge in [0.2, 0.25) is 11.8 Å². The zero-order chi connectivity index (χ0) is 20.0. The van der Waals surface area contributed by atoms with E-state index in [2.05, 4.69) is 19.2 Å². The third kappa shape index (κ3) is 5.64. The number of rotatable bonds is 7. The summed E-state index contributed by atoms with van der Waals surface area (Å²) in [6.45, 7) is 8.42. The van der Waals surface area contributed by atoms with Crippen LogP contribution in [0.1, 0.15) is 43.4 Å². The lowest BCUT2D eigenvalue weighted by atomic mass is 9.97. The summed E-state index contributed by atoms with van der Waals surface area (Å²) in [6, 6.07) is 12.0. The van der Waals surface area contributed by atoms with Gasteiger partial charge in [-0.25, -0.2) is 4.39 Å². The number of benzene rings is 2. The molecule has 0 aliphatic carbocycles. The number of carbonyl (C=O) groups excluding carboxylic acids is 2. The van der Waals surface area contributed by atoms with Crippen LogP contribution in [-0.4, -0.2) is 24.9 Å². The highest BCUT2D eigenvalue weighted by molar-refractivity contribution is 5.93. The Bertz CT molecular complexity index is 818. The number of halogens is 1. The summed E-state index contributed by atoms with van der Waals surface area (Å²) in [7, 11) is 0. The second-order valence-electron chi connectivity index (χ2n) is 6.99. The Kier molecular flexibility index (Phi) is 7.11. The number of hydrogen-bond donors (Lipinski definition) is 1. The lowest BCUT2D eigenvalue weighted by molar-refractivity contribution is -0.121. The molecule has 0 atom stereocenters. The summed E-state index contributed by atoms with van der Waals surface area (Å²) in [6.07, 6.45) is 0.111. The molecule has 0 heterocycles. The van der Waals surface area contributed by atoms with Crippen molar-refractivity contribution in [1.29, 1.82) is 0 Å². The van der Waals surface area contributed by atoms with Crippen molar-refractivity contribution in [2.45, 2.75) is 40.0 Å². The van der Waals surface area contributed by atoms with E-state index in [0.29, 0.717) is 18.7 Å². The number of para-hydroxylation sites is 1. The maximum atomic E-state index is 13.2. The van der Waals surface area contributed by atoms with Crippen molar-refractivity contribution >= 4 is 17.5 Å². The van der Waals surface area contributed by atoms with E-state index in [0.717, 1.165) is 16.8 Å². The fourth-order valence-corrected chi connectivity index (χ4v) is 3.14. The molecule has 0 fully saturated rings. The highest BCUT2D eigenvalue weighted by atomic mass is 19.1. The Hall–Kier alpha value is -2.69. The first-order valence-electron chi connectivity index (χ1n) is 9.18. The largest absolute Gasteiger partial charge is 0.354 e. The zero-order valence-electron chi connectivity index (χ0n) is 16.4. The SMILES string of the molecule is CC(=O)N(CCNC(=O)Cc1cccc(F)c1)c1c(C)cccc1C(C)C. The first-order valence-corrected chi connectivity index (χ1v) is 9.18. The standard InChI is InChI=1S/C22H27FN2O2/c1-15(2)20-10-5-7-16(3)22(20)25(17(4)26)12-11-24-21(27)14-18-8-6-9-19(23)13-18/h5-10,13,15H,11-12,14H2,1-4H3,(H,24,27). The zero-order valence-corrected chi connectivity index (χ0v) is 16.4. The minimum absolute atomic E-state index is 0.0643. The average molecular weight is 370 g/mol. The maximum Gasteiger partial charge on any atom is 0.224 e. The van der Waals surface area contributed by atoms with Gasteiger partial charge in [0, 0.05) is 20.0 Å². The topological polar surface area (TPSA) is 49.4 Å². The van der Waals surface area contributed by atoms with E-state index >= 15 is 0 Å². The summed E-state index contributed by atoms with van der Waals surface area (Å²) in [5, 5.41) is 2.82. The van der Waals surface area contributed by atoms with Gasteiger partial charge in [-0.15, -0.1) is 0 Å². The predicted molar refractivity (Wildman–Crippen MR) is 106 cm³/mol. The molecule has 2 rings (SSSR count). The molecular formula is C22H27FN2O2. The normalized spacial score (nSPS) is 10.7. The smallest absolute Gasteiger partial charge is 0.224 e. The van der Waals surface area contributed by atoms with Gasteiger partial charge in [0.1, 0.15) is 5.82 Å². The van der Waals surface area contributed by atoms with Crippen LogP contribution in [0.2, 0.25) is 0 Å². The van der Waals surface area contributed by atoms with Crippen molar-refractivity contribution < 1.29 is 14.0 Å².